The Morgan fingerprint density at radius 3 is 2.50 bits per heavy atom. The van der Waals surface area contributed by atoms with Crippen molar-refractivity contribution in [3.05, 3.63) is 15.6 Å². The van der Waals surface area contributed by atoms with Crippen molar-refractivity contribution in [1.29, 1.82) is 0 Å². The van der Waals surface area contributed by atoms with Crippen molar-refractivity contribution < 1.29 is 19.4 Å². The second-order valence-electron chi connectivity index (χ2n) is 5.99. The van der Waals surface area contributed by atoms with Crippen LogP contribution in [0.1, 0.15) is 54.5 Å². The van der Waals surface area contributed by atoms with Gasteiger partial charge in [-0.2, -0.15) is 0 Å². The highest BCUT2D eigenvalue weighted by atomic mass is 32.1. The van der Waals surface area contributed by atoms with Crippen molar-refractivity contribution in [1.82, 2.24) is 10.3 Å². The van der Waals surface area contributed by atoms with Crippen LogP contribution in [-0.4, -0.2) is 40.2 Å². The number of ether oxygens (including phenoxy) is 1. The number of carbonyl (C=O) groups is 2. The van der Waals surface area contributed by atoms with Crippen LogP contribution in [0.2, 0.25) is 0 Å². The Hall–Kier alpha value is -1.47. The molecule has 1 aromatic heterocycles. The van der Waals surface area contributed by atoms with E-state index in [4.69, 9.17) is 4.74 Å². The smallest absolute Gasteiger partial charge is 0.326 e. The molecule has 1 atom stereocenters. The van der Waals surface area contributed by atoms with E-state index in [1.54, 1.807) is 6.92 Å². The van der Waals surface area contributed by atoms with Crippen LogP contribution in [0.25, 0.3) is 0 Å². The molecule has 6 nitrogen and oxygen atoms in total. The van der Waals surface area contributed by atoms with E-state index in [2.05, 4.69) is 10.3 Å². The van der Waals surface area contributed by atoms with Crippen molar-refractivity contribution in [2.24, 2.45) is 0 Å². The molecule has 124 valence electrons. The van der Waals surface area contributed by atoms with Crippen molar-refractivity contribution in [3.8, 4) is 0 Å². The zero-order valence-corrected chi connectivity index (χ0v) is 14.5. The number of amides is 1. The number of thiazole rings is 1. The number of hydrogen-bond acceptors (Lipinski definition) is 5. The molecule has 0 bridgehead atoms. The summed E-state index contributed by atoms with van der Waals surface area (Å²) in [5, 5.41) is 12.7. The summed E-state index contributed by atoms with van der Waals surface area (Å²) in [6.07, 6.45) is 0.970. The van der Waals surface area contributed by atoms with Gasteiger partial charge in [0.1, 0.15) is 10.9 Å². The van der Waals surface area contributed by atoms with E-state index < -0.39 is 17.9 Å². The first-order valence-corrected chi connectivity index (χ1v) is 8.09. The molecule has 1 heterocycles. The summed E-state index contributed by atoms with van der Waals surface area (Å²) in [4.78, 5) is 28.3. The lowest BCUT2D eigenvalue weighted by molar-refractivity contribution is -0.140. The van der Waals surface area contributed by atoms with Crippen LogP contribution in [0, 0.1) is 6.92 Å². The Morgan fingerprint density at radius 2 is 2.05 bits per heavy atom. The number of rotatable bonds is 7. The fourth-order valence-corrected chi connectivity index (χ4v) is 2.69. The SMILES string of the molecule is CCc1nc(C)c(C(=O)NC(CCOC(C)(C)C)C(=O)O)s1. The van der Waals surface area contributed by atoms with E-state index in [0.717, 1.165) is 11.4 Å². The van der Waals surface area contributed by atoms with Crippen molar-refractivity contribution >= 4 is 23.2 Å². The van der Waals surface area contributed by atoms with Gasteiger partial charge in [0.15, 0.2) is 0 Å². The van der Waals surface area contributed by atoms with Crippen LogP contribution in [-0.2, 0) is 16.0 Å². The normalized spacial score (nSPS) is 13.0. The minimum atomic E-state index is -1.07. The van der Waals surface area contributed by atoms with Gasteiger partial charge in [0.05, 0.1) is 16.3 Å². The summed E-state index contributed by atoms with van der Waals surface area (Å²) in [5.74, 6) is -1.46. The van der Waals surface area contributed by atoms with Crippen molar-refractivity contribution in [2.45, 2.75) is 59.1 Å². The van der Waals surface area contributed by atoms with Gasteiger partial charge >= 0.3 is 5.97 Å². The van der Waals surface area contributed by atoms with E-state index in [1.165, 1.54) is 11.3 Å². The minimum Gasteiger partial charge on any atom is -0.480 e. The van der Waals surface area contributed by atoms with Gasteiger partial charge in [-0.15, -0.1) is 11.3 Å². The Bertz CT molecular complexity index is 534. The topological polar surface area (TPSA) is 88.5 Å². The largest absolute Gasteiger partial charge is 0.480 e. The molecule has 2 N–H and O–H groups in total. The zero-order valence-electron chi connectivity index (χ0n) is 13.7. The lowest BCUT2D eigenvalue weighted by Crippen LogP contribution is -2.42. The molecule has 0 aliphatic heterocycles. The standard InChI is InChI=1S/C15H24N2O4S/c1-6-11-16-9(2)12(22-11)13(18)17-10(14(19)20)7-8-21-15(3,4)5/h10H,6-8H2,1-5H3,(H,17,18)(H,19,20). The fourth-order valence-electron chi connectivity index (χ4n) is 1.78. The molecule has 0 saturated carbocycles. The molecule has 7 heteroatoms. The van der Waals surface area contributed by atoms with Crippen LogP contribution in [0.15, 0.2) is 0 Å². The summed E-state index contributed by atoms with van der Waals surface area (Å²) in [6.45, 7) is 9.67. The maximum absolute atomic E-state index is 12.2. The number of carboxylic acids is 1. The summed E-state index contributed by atoms with van der Waals surface area (Å²) < 4.78 is 5.52. The third kappa shape index (κ3) is 5.73. The van der Waals surface area contributed by atoms with Crippen LogP contribution >= 0.6 is 11.3 Å². The van der Waals surface area contributed by atoms with Gasteiger partial charge < -0.3 is 15.2 Å². The van der Waals surface area contributed by atoms with E-state index in [0.29, 0.717) is 10.6 Å². The van der Waals surface area contributed by atoms with Gasteiger partial charge in [-0.1, -0.05) is 6.92 Å². The minimum absolute atomic E-state index is 0.219. The first kappa shape index (κ1) is 18.6. The molecule has 1 aromatic rings. The van der Waals surface area contributed by atoms with Crippen molar-refractivity contribution in [2.75, 3.05) is 6.61 Å². The second kappa shape index (κ2) is 7.69. The molecule has 0 aromatic carbocycles. The third-order valence-electron chi connectivity index (χ3n) is 2.89. The summed E-state index contributed by atoms with van der Waals surface area (Å²) in [5.41, 5.74) is 0.298. The highest BCUT2D eigenvalue weighted by Crippen LogP contribution is 2.18. The monoisotopic (exact) mass is 328 g/mol. The summed E-state index contributed by atoms with van der Waals surface area (Å²) >= 11 is 1.30. The highest BCUT2D eigenvalue weighted by molar-refractivity contribution is 7.13. The fraction of sp³-hybridized carbons (Fsp3) is 0.667. The van der Waals surface area contributed by atoms with Crippen LogP contribution < -0.4 is 5.32 Å². The summed E-state index contributed by atoms with van der Waals surface area (Å²) in [6, 6.07) is -0.971. The van der Waals surface area contributed by atoms with Crippen molar-refractivity contribution in [3.63, 3.8) is 0 Å². The Morgan fingerprint density at radius 1 is 1.41 bits per heavy atom. The molecule has 0 aliphatic carbocycles. The first-order valence-electron chi connectivity index (χ1n) is 7.28. The average molecular weight is 328 g/mol. The maximum Gasteiger partial charge on any atom is 0.326 e. The van der Waals surface area contributed by atoms with E-state index >= 15 is 0 Å². The van der Waals surface area contributed by atoms with Gasteiger partial charge in [-0.25, -0.2) is 9.78 Å². The molecular formula is C15H24N2O4S. The van der Waals surface area contributed by atoms with E-state index in [-0.39, 0.29) is 18.6 Å². The number of carbonyl (C=O) groups excluding carboxylic acids is 1. The molecule has 0 radical (unpaired) electrons. The highest BCUT2D eigenvalue weighted by Gasteiger charge is 2.24. The van der Waals surface area contributed by atoms with Gasteiger partial charge in [0.25, 0.3) is 5.91 Å². The number of nitrogens with zero attached hydrogens (tertiary/aromatic N) is 1. The van der Waals surface area contributed by atoms with E-state index in [1.807, 2.05) is 27.7 Å². The van der Waals surface area contributed by atoms with Gasteiger partial charge in [-0.3, -0.25) is 4.79 Å². The Kier molecular flexibility index (Phi) is 6.49. The quantitative estimate of drug-likeness (QED) is 0.802. The predicted molar refractivity (Wildman–Crippen MR) is 85.4 cm³/mol. The first-order chi connectivity index (χ1) is 10.1. The number of aliphatic carboxylic acids is 1. The number of hydrogen-bond donors (Lipinski definition) is 2. The van der Waals surface area contributed by atoms with Gasteiger partial charge in [0, 0.05) is 13.0 Å². The van der Waals surface area contributed by atoms with Crippen LogP contribution in [0.3, 0.4) is 0 Å². The zero-order chi connectivity index (χ0) is 16.9. The number of aromatic nitrogens is 1. The number of carboxylic acid groups (broad SMARTS) is 1. The molecule has 1 amide bonds. The van der Waals surface area contributed by atoms with Crippen LogP contribution in [0.5, 0.6) is 0 Å². The second-order valence-corrected chi connectivity index (χ2v) is 7.07. The Labute approximate surface area is 134 Å². The maximum atomic E-state index is 12.2. The third-order valence-corrected chi connectivity index (χ3v) is 4.20. The van der Waals surface area contributed by atoms with Gasteiger partial charge in [-0.05, 0) is 34.1 Å². The molecule has 1 rings (SSSR count). The number of nitrogens with one attached hydrogen (secondary N) is 1. The molecule has 0 saturated heterocycles. The molecular weight excluding hydrogens is 304 g/mol. The number of aryl methyl sites for hydroxylation is 2. The van der Waals surface area contributed by atoms with Gasteiger partial charge in [0.2, 0.25) is 0 Å². The molecule has 0 fully saturated rings. The average Bonchev–Trinajstić information content (AvgIpc) is 2.77. The predicted octanol–water partition coefficient (Wildman–Crippen LogP) is 2.40. The molecule has 1 unspecified atom stereocenters. The lowest BCUT2D eigenvalue weighted by atomic mass is 10.1. The molecule has 0 spiro atoms. The summed E-state index contributed by atoms with van der Waals surface area (Å²) in [7, 11) is 0. The van der Waals surface area contributed by atoms with Crippen LogP contribution in [0.4, 0.5) is 0 Å². The molecule has 0 aliphatic rings. The molecule has 22 heavy (non-hydrogen) atoms. The Balaban J connectivity index is 2.68. The lowest BCUT2D eigenvalue weighted by Gasteiger charge is -2.21. The van der Waals surface area contributed by atoms with E-state index in [9.17, 15) is 14.7 Å².